The summed E-state index contributed by atoms with van der Waals surface area (Å²) in [4.78, 5) is 28.4. The van der Waals surface area contributed by atoms with Gasteiger partial charge in [-0.3, -0.25) is 9.59 Å². The highest BCUT2D eigenvalue weighted by Gasteiger charge is 2.46. The number of hydrogen-bond donors (Lipinski definition) is 1. The third-order valence-corrected chi connectivity index (χ3v) is 7.05. The molecular formula is C32H35NO6. The lowest BCUT2D eigenvalue weighted by atomic mass is 9.84. The number of Topliss-reactive ketones (excluding diaryl/α,β-unsaturated/α-hetero) is 1. The molecule has 1 atom stereocenters. The van der Waals surface area contributed by atoms with Crippen molar-refractivity contribution in [2.45, 2.75) is 38.6 Å². The second-order valence-electron chi connectivity index (χ2n) is 10.5. The van der Waals surface area contributed by atoms with Gasteiger partial charge in [-0.25, -0.2) is 0 Å². The number of aliphatic hydroxyl groups is 1. The summed E-state index contributed by atoms with van der Waals surface area (Å²) in [6.07, 6.45) is 0.528. The fraction of sp³-hybridized carbons (Fsp3) is 0.312. The van der Waals surface area contributed by atoms with Crippen molar-refractivity contribution in [1.29, 1.82) is 0 Å². The summed E-state index contributed by atoms with van der Waals surface area (Å²) in [7, 11) is 4.78. The molecule has 1 heterocycles. The standard InChI is InChI=1S/C32H35NO6/c1-32(2,3)25-19-22(11-16-26(25)39-6)29(34)27-28(21-9-14-24(38-5)15-10-21)33(31(36)30(27)35)18-17-20-7-12-23(37-4)13-8-20/h7-16,19,28,34H,17-18H2,1-6H3/b29-27-. The van der Waals surface area contributed by atoms with Gasteiger partial charge in [0.05, 0.1) is 32.9 Å². The van der Waals surface area contributed by atoms with Crippen LogP contribution in [0.3, 0.4) is 0 Å². The molecule has 0 aromatic heterocycles. The Kier molecular flexibility index (Phi) is 8.00. The Labute approximate surface area is 229 Å². The van der Waals surface area contributed by atoms with Gasteiger partial charge < -0.3 is 24.2 Å². The molecule has 7 heteroatoms. The van der Waals surface area contributed by atoms with Crippen LogP contribution in [0.15, 0.2) is 72.3 Å². The van der Waals surface area contributed by atoms with Gasteiger partial charge in [-0.1, -0.05) is 45.0 Å². The zero-order chi connectivity index (χ0) is 28.3. The number of amides is 1. The molecule has 3 aromatic rings. The molecule has 3 aromatic carbocycles. The van der Waals surface area contributed by atoms with Gasteiger partial charge >= 0.3 is 0 Å². The molecule has 204 valence electrons. The molecule has 1 aliphatic rings. The number of ether oxygens (including phenoxy) is 3. The van der Waals surface area contributed by atoms with Crippen LogP contribution in [0, 0.1) is 0 Å². The van der Waals surface area contributed by atoms with E-state index >= 15 is 0 Å². The van der Waals surface area contributed by atoms with Gasteiger partial charge in [0.1, 0.15) is 23.0 Å². The molecule has 1 aliphatic heterocycles. The Bertz CT molecular complexity index is 1380. The fourth-order valence-electron chi connectivity index (χ4n) is 4.88. The molecule has 0 radical (unpaired) electrons. The number of rotatable bonds is 8. The van der Waals surface area contributed by atoms with Crippen molar-refractivity contribution in [3.05, 3.63) is 94.6 Å². The van der Waals surface area contributed by atoms with Crippen molar-refractivity contribution in [2.75, 3.05) is 27.9 Å². The maximum Gasteiger partial charge on any atom is 0.295 e. The van der Waals surface area contributed by atoms with Crippen molar-refractivity contribution in [3.8, 4) is 17.2 Å². The number of nitrogens with zero attached hydrogens (tertiary/aromatic N) is 1. The van der Waals surface area contributed by atoms with Crippen molar-refractivity contribution in [1.82, 2.24) is 4.90 Å². The molecule has 4 rings (SSSR count). The first-order valence-corrected chi connectivity index (χ1v) is 12.8. The molecule has 0 spiro atoms. The van der Waals surface area contributed by atoms with E-state index in [0.717, 1.165) is 16.9 Å². The van der Waals surface area contributed by atoms with E-state index in [2.05, 4.69) is 0 Å². The SMILES string of the molecule is COc1ccc(CCN2C(=O)C(=O)/C(=C(\O)c3ccc(OC)c(C(C)(C)C)c3)C2c2ccc(OC)cc2)cc1. The Morgan fingerprint density at radius 1 is 0.846 bits per heavy atom. The molecule has 39 heavy (non-hydrogen) atoms. The topological polar surface area (TPSA) is 85.3 Å². The van der Waals surface area contributed by atoms with Crippen molar-refractivity contribution in [2.24, 2.45) is 0 Å². The predicted octanol–water partition coefficient (Wildman–Crippen LogP) is 5.67. The number of ketones is 1. The van der Waals surface area contributed by atoms with Crippen LogP contribution < -0.4 is 14.2 Å². The summed E-state index contributed by atoms with van der Waals surface area (Å²) in [6, 6.07) is 19.3. The molecule has 1 fully saturated rings. The van der Waals surface area contributed by atoms with Crippen LogP contribution in [0.4, 0.5) is 0 Å². The van der Waals surface area contributed by atoms with Crippen LogP contribution >= 0.6 is 0 Å². The molecule has 1 saturated heterocycles. The predicted molar refractivity (Wildman–Crippen MR) is 150 cm³/mol. The van der Waals surface area contributed by atoms with Crippen LogP contribution in [0.2, 0.25) is 0 Å². The van der Waals surface area contributed by atoms with Gasteiger partial charge in [-0.2, -0.15) is 0 Å². The van der Waals surface area contributed by atoms with Gasteiger partial charge in [-0.05, 0) is 65.4 Å². The van der Waals surface area contributed by atoms with E-state index in [1.54, 1.807) is 45.6 Å². The molecule has 0 bridgehead atoms. The number of carbonyl (C=O) groups excluding carboxylic acids is 2. The number of methoxy groups -OCH3 is 3. The summed E-state index contributed by atoms with van der Waals surface area (Å²) < 4.78 is 16.1. The van der Waals surface area contributed by atoms with Gasteiger partial charge in [-0.15, -0.1) is 0 Å². The van der Waals surface area contributed by atoms with E-state index < -0.39 is 17.7 Å². The van der Waals surface area contributed by atoms with Crippen LogP contribution in [-0.4, -0.2) is 49.6 Å². The molecule has 0 saturated carbocycles. The van der Waals surface area contributed by atoms with E-state index in [4.69, 9.17) is 14.2 Å². The first-order valence-electron chi connectivity index (χ1n) is 12.8. The number of hydrogen-bond acceptors (Lipinski definition) is 6. The normalized spacial score (nSPS) is 16.9. The minimum absolute atomic E-state index is 0.0601. The molecule has 1 N–H and O–H groups in total. The van der Waals surface area contributed by atoms with Gasteiger partial charge in [0.2, 0.25) is 0 Å². The van der Waals surface area contributed by atoms with Gasteiger partial charge in [0, 0.05) is 17.7 Å². The summed E-state index contributed by atoms with van der Waals surface area (Å²) in [5, 5.41) is 11.6. The Morgan fingerprint density at radius 2 is 1.44 bits per heavy atom. The molecule has 7 nitrogen and oxygen atoms in total. The van der Waals surface area contributed by atoms with Crippen LogP contribution in [0.25, 0.3) is 5.76 Å². The zero-order valence-corrected chi connectivity index (χ0v) is 23.3. The summed E-state index contributed by atoms with van der Waals surface area (Å²) >= 11 is 0. The molecule has 1 amide bonds. The number of likely N-dealkylation sites (tertiary alicyclic amines) is 1. The van der Waals surface area contributed by atoms with E-state index in [1.807, 2.05) is 63.2 Å². The van der Waals surface area contributed by atoms with E-state index in [1.165, 1.54) is 4.90 Å². The smallest absolute Gasteiger partial charge is 0.295 e. The number of aliphatic hydroxyl groups excluding tert-OH is 1. The maximum absolute atomic E-state index is 13.5. The first kappa shape index (κ1) is 27.8. The monoisotopic (exact) mass is 529 g/mol. The van der Waals surface area contributed by atoms with E-state index in [9.17, 15) is 14.7 Å². The minimum atomic E-state index is -0.755. The van der Waals surface area contributed by atoms with Crippen LogP contribution in [0.1, 0.15) is 49.1 Å². The third kappa shape index (κ3) is 5.62. The number of carbonyl (C=O) groups is 2. The second-order valence-corrected chi connectivity index (χ2v) is 10.5. The average molecular weight is 530 g/mol. The van der Waals surface area contributed by atoms with Crippen molar-refractivity contribution < 1.29 is 28.9 Å². The quantitative estimate of drug-likeness (QED) is 0.230. The first-order chi connectivity index (χ1) is 18.6. The Balaban J connectivity index is 1.80. The number of benzene rings is 3. The second kappa shape index (κ2) is 11.2. The van der Waals surface area contributed by atoms with Crippen molar-refractivity contribution >= 4 is 17.4 Å². The average Bonchev–Trinajstić information content (AvgIpc) is 3.20. The van der Waals surface area contributed by atoms with E-state index in [-0.39, 0.29) is 16.7 Å². The lowest BCUT2D eigenvalue weighted by molar-refractivity contribution is -0.139. The lowest BCUT2D eigenvalue weighted by Gasteiger charge is -2.26. The molecule has 1 unspecified atom stereocenters. The molecular weight excluding hydrogens is 494 g/mol. The molecule has 0 aliphatic carbocycles. The van der Waals surface area contributed by atoms with Gasteiger partial charge in [0.15, 0.2) is 0 Å². The highest BCUT2D eigenvalue weighted by Crippen LogP contribution is 2.41. The third-order valence-electron chi connectivity index (χ3n) is 7.05. The Hall–Kier alpha value is -4.26. The highest BCUT2D eigenvalue weighted by molar-refractivity contribution is 6.46. The largest absolute Gasteiger partial charge is 0.507 e. The summed E-state index contributed by atoms with van der Waals surface area (Å²) in [5.74, 6) is 0.511. The van der Waals surface area contributed by atoms with E-state index in [0.29, 0.717) is 35.6 Å². The maximum atomic E-state index is 13.5. The summed E-state index contributed by atoms with van der Waals surface area (Å²) in [6.45, 7) is 6.43. The minimum Gasteiger partial charge on any atom is -0.507 e. The van der Waals surface area contributed by atoms with Crippen LogP contribution in [-0.2, 0) is 21.4 Å². The highest BCUT2D eigenvalue weighted by atomic mass is 16.5. The Morgan fingerprint density at radius 3 is 1.97 bits per heavy atom. The van der Waals surface area contributed by atoms with Crippen LogP contribution in [0.5, 0.6) is 17.2 Å². The van der Waals surface area contributed by atoms with Crippen molar-refractivity contribution in [3.63, 3.8) is 0 Å². The van der Waals surface area contributed by atoms with Gasteiger partial charge in [0.25, 0.3) is 11.7 Å². The zero-order valence-electron chi connectivity index (χ0n) is 23.3. The lowest BCUT2D eigenvalue weighted by Crippen LogP contribution is -2.31. The summed E-state index contributed by atoms with van der Waals surface area (Å²) in [5.41, 5.74) is 2.81. The fourth-order valence-corrected chi connectivity index (χ4v) is 4.88.